The number of likely N-dealkylation sites (tertiary alicyclic amines) is 1. The van der Waals surface area contributed by atoms with E-state index in [0.29, 0.717) is 11.8 Å². The summed E-state index contributed by atoms with van der Waals surface area (Å²) in [5.41, 5.74) is 0. The maximum Gasteiger partial charge on any atom is 0.233 e. The Balaban J connectivity index is 0.00000192. The Bertz CT molecular complexity index is 664. The van der Waals surface area contributed by atoms with Crippen LogP contribution in [0.25, 0.3) is 10.8 Å². The summed E-state index contributed by atoms with van der Waals surface area (Å²) in [6, 6.07) is 15.1. The molecular weight excluding hydrogens is 328 g/mol. The Morgan fingerprint density at radius 2 is 2.04 bits per heavy atom. The molecular formula is C18H23ClN2OS. The van der Waals surface area contributed by atoms with E-state index in [9.17, 15) is 4.79 Å². The van der Waals surface area contributed by atoms with E-state index in [1.54, 1.807) is 11.8 Å². The number of nitrogens with zero attached hydrogens (tertiary/aromatic N) is 1. The number of rotatable bonds is 5. The van der Waals surface area contributed by atoms with E-state index in [4.69, 9.17) is 0 Å². The van der Waals surface area contributed by atoms with E-state index in [-0.39, 0.29) is 18.3 Å². The van der Waals surface area contributed by atoms with E-state index in [0.717, 1.165) is 30.8 Å². The van der Waals surface area contributed by atoms with Crippen molar-refractivity contribution < 1.29 is 4.79 Å². The van der Waals surface area contributed by atoms with E-state index < -0.39 is 0 Å². The lowest BCUT2D eigenvalue weighted by Gasteiger charge is -2.24. The lowest BCUT2D eigenvalue weighted by atomic mass is 10.1. The number of thioether (sulfide) groups is 1. The van der Waals surface area contributed by atoms with Crippen LogP contribution < -0.4 is 5.32 Å². The molecule has 0 aromatic heterocycles. The van der Waals surface area contributed by atoms with Crippen molar-refractivity contribution in [3.8, 4) is 0 Å². The first-order valence-corrected chi connectivity index (χ1v) is 8.82. The number of amides is 1. The van der Waals surface area contributed by atoms with E-state index in [1.165, 1.54) is 10.8 Å². The molecule has 1 aliphatic heterocycles. The molecule has 1 aliphatic rings. The van der Waals surface area contributed by atoms with Crippen LogP contribution in [0.2, 0.25) is 0 Å². The van der Waals surface area contributed by atoms with E-state index in [1.807, 2.05) is 18.0 Å². The second kappa shape index (κ2) is 8.57. The minimum absolute atomic E-state index is 0. The van der Waals surface area contributed by atoms with Gasteiger partial charge in [0, 0.05) is 24.0 Å². The van der Waals surface area contributed by atoms with Gasteiger partial charge in [0.05, 0.1) is 5.75 Å². The van der Waals surface area contributed by atoms with Crippen LogP contribution in [-0.2, 0) is 4.79 Å². The molecule has 0 radical (unpaired) electrons. The van der Waals surface area contributed by atoms with Gasteiger partial charge in [-0.3, -0.25) is 4.79 Å². The average molecular weight is 351 g/mol. The highest BCUT2D eigenvalue weighted by Gasteiger charge is 2.27. The van der Waals surface area contributed by atoms with Crippen LogP contribution in [0.4, 0.5) is 0 Å². The van der Waals surface area contributed by atoms with Crippen molar-refractivity contribution in [2.24, 2.45) is 0 Å². The summed E-state index contributed by atoms with van der Waals surface area (Å²) in [4.78, 5) is 15.7. The maximum absolute atomic E-state index is 12.4. The maximum atomic E-state index is 12.4. The molecule has 2 aromatic carbocycles. The fourth-order valence-electron chi connectivity index (χ4n) is 3.10. The lowest BCUT2D eigenvalue weighted by Crippen LogP contribution is -2.41. The lowest BCUT2D eigenvalue weighted by molar-refractivity contribution is -0.129. The zero-order valence-corrected chi connectivity index (χ0v) is 15.0. The third-order valence-corrected chi connectivity index (χ3v) is 5.20. The summed E-state index contributed by atoms with van der Waals surface area (Å²) in [7, 11) is 1.95. The summed E-state index contributed by atoms with van der Waals surface area (Å²) in [6.45, 7) is 1.80. The Labute approximate surface area is 148 Å². The molecule has 0 saturated carbocycles. The third kappa shape index (κ3) is 4.40. The van der Waals surface area contributed by atoms with Crippen LogP contribution in [0.5, 0.6) is 0 Å². The van der Waals surface area contributed by atoms with Crippen molar-refractivity contribution >= 4 is 40.8 Å². The van der Waals surface area contributed by atoms with Gasteiger partial charge in [-0.2, -0.15) is 0 Å². The predicted molar refractivity (Wildman–Crippen MR) is 101 cm³/mol. The molecule has 0 bridgehead atoms. The van der Waals surface area contributed by atoms with Crippen molar-refractivity contribution in [2.75, 3.05) is 25.9 Å². The van der Waals surface area contributed by atoms with Crippen molar-refractivity contribution in [1.82, 2.24) is 10.2 Å². The standard InChI is InChI=1S/C18H22N2OS.ClH/c1-19-12-16-7-4-10-20(16)18(21)13-22-17-9-8-14-5-2-3-6-15(14)11-17;/h2-3,5-6,8-9,11,16,19H,4,7,10,12-13H2,1H3;1H. The molecule has 0 aliphatic carbocycles. The van der Waals surface area contributed by atoms with Crippen LogP contribution in [-0.4, -0.2) is 42.7 Å². The Hall–Kier alpha value is -1.23. The number of carbonyl (C=O) groups is 1. The van der Waals surface area contributed by atoms with Gasteiger partial charge in [-0.15, -0.1) is 24.2 Å². The zero-order valence-electron chi connectivity index (χ0n) is 13.3. The SMILES string of the molecule is CNCC1CCCN1C(=O)CSc1ccc2ccccc2c1.Cl. The van der Waals surface area contributed by atoms with E-state index in [2.05, 4.69) is 41.7 Å². The summed E-state index contributed by atoms with van der Waals surface area (Å²) < 4.78 is 0. The van der Waals surface area contributed by atoms with E-state index >= 15 is 0 Å². The Morgan fingerprint density at radius 1 is 1.26 bits per heavy atom. The number of benzene rings is 2. The number of carbonyl (C=O) groups excluding carboxylic acids is 1. The first kappa shape index (κ1) is 18.1. The second-order valence-corrected chi connectivity index (χ2v) is 6.79. The smallest absolute Gasteiger partial charge is 0.233 e. The second-order valence-electron chi connectivity index (χ2n) is 5.74. The zero-order chi connectivity index (χ0) is 15.4. The molecule has 1 atom stereocenters. The molecule has 5 heteroatoms. The predicted octanol–water partition coefficient (Wildman–Crippen LogP) is 3.56. The Kier molecular flexibility index (Phi) is 6.75. The topological polar surface area (TPSA) is 32.3 Å². The molecule has 1 fully saturated rings. The molecule has 3 nitrogen and oxygen atoms in total. The molecule has 23 heavy (non-hydrogen) atoms. The van der Waals surface area contributed by atoms with Gasteiger partial charge in [0.15, 0.2) is 0 Å². The van der Waals surface area contributed by atoms with Gasteiger partial charge in [-0.1, -0.05) is 30.3 Å². The minimum Gasteiger partial charge on any atom is -0.338 e. The summed E-state index contributed by atoms with van der Waals surface area (Å²) >= 11 is 1.64. The van der Waals surface area contributed by atoms with Crippen LogP contribution in [0, 0.1) is 0 Å². The van der Waals surface area contributed by atoms with Crippen LogP contribution in [0.3, 0.4) is 0 Å². The number of fused-ring (bicyclic) bond motifs is 1. The van der Waals surface area contributed by atoms with Crippen LogP contribution >= 0.6 is 24.2 Å². The molecule has 1 saturated heterocycles. The summed E-state index contributed by atoms with van der Waals surface area (Å²) in [6.07, 6.45) is 2.24. The molecule has 1 N–H and O–H groups in total. The number of hydrogen-bond donors (Lipinski definition) is 1. The minimum atomic E-state index is 0. The number of nitrogens with one attached hydrogen (secondary N) is 1. The van der Waals surface area contributed by atoms with Gasteiger partial charge in [0.2, 0.25) is 5.91 Å². The first-order chi connectivity index (χ1) is 10.8. The highest BCUT2D eigenvalue weighted by molar-refractivity contribution is 8.00. The first-order valence-electron chi connectivity index (χ1n) is 7.83. The van der Waals surface area contributed by atoms with Gasteiger partial charge >= 0.3 is 0 Å². The largest absolute Gasteiger partial charge is 0.338 e. The molecule has 2 aromatic rings. The average Bonchev–Trinajstić information content (AvgIpc) is 3.01. The monoisotopic (exact) mass is 350 g/mol. The molecule has 1 unspecified atom stereocenters. The van der Waals surface area contributed by atoms with Gasteiger partial charge in [0.1, 0.15) is 0 Å². The quantitative estimate of drug-likeness (QED) is 0.837. The van der Waals surface area contributed by atoms with Crippen LogP contribution in [0.15, 0.2) is 47.4 Å². The number of halogens is 1. The highest BCUT2D eigenvalue weighted by Crippen LogP contribution is 2.25. The third-order valence-electron chi connectivity index (χ3n) is 4.22. The van der Waals surface area contributed by atoms with Crippen LogP contribution in [0.1, 0.15) is 12.8 Å². The summed E-state index contributed by atoms with van der Waals surface area (Å²) in [5.74, 6) is 0.786. The van der Waals surface area contributed by atoms with Gasteiger partial charge in [0.25, 0.3) is 0 Å². The van der Waals surface area contributed by atoms with Gasteiger partial charge in [-0.05, 0) is 42.8 Å². The fraction of sp³-hybridized carbons (Fsp3) is 0.389. The number of likely N-dealkylation sites (N-methyl/N-ethyl adjacent to an activating group) is 1. The van der Waals surface area contributed by atoms with Crippen molar-refractivity contribution in [3.63, 3.8) is 0 Å². The van der Waals surface area contributed by atoms with Gasteiger partial charge in [-0.25, -0.2) is 0 Å². The highest BCUT2D eigenvalue weighted by atomic mass is 35.5. The van der Waals surface area contributed by atoms with Crippen molar-refractivity contribution in [1.29, 1.82) is 0 Å². The molecule has 1 amide bonds. The van der Waals surface area contributed by atoms with Crippen molar-refractivity contribution in [2.45, 2.75) is 23.8 Å². The fourth-order valence-corrected chi connectivity index (χ4v) is 3.93. The molecule has 1 heterocycles. The molecule has 124 valence electrons. The summed E-state index contributed by atoms with van der Waals surface area (Å²) in [5, 5.41) is 5.66. The Morgan fingerprint density at radius 3 is 2.83 bits per heavy atom. The molecule has 3 rings (SSSR count). The van der Waals surface area contributed by atoms with Crippen molar-refractivity contribution in [3.05, 3.63) is 42.5 Å². The van der Waals surface area contributed by atoms with Gasteiger partial charge < -0.3 is 10.2 Å². The number of hydrogen-bond acceptors (Lipinski definition) is 3. The molecule has 0 spiro atoms. The normalized spacial score (nSPS) is 17.3.